The Morgan fingerprint density at radius 2 is 2.00 bits per heavy atom. The first-order valence-corrected chi connectivity index (χ1v) is 6.97. The molecular formula is C11H15FN2O2S. The highest BCUT2D eigenvalue weighted by Gasteiger charge is 2.32. The number of hydrogen-bond acceptors (Lipinski definition) is 4. The van der Waals surface area contributed by atoms with Crippen LogP contribution in [0.3, 0.4) is 0 Å². The highest BCUT2D eigenvalue weighted by Crippen LogP contribution is 2.19. The zero-order valence-corrected chi connectivity index (χ0v) is 10.4. The van der Waals surface area contributed by atoms with Crippen molar-refractivity contribution in [1.29, 1.82) is 0 Å². The zero-order valence-electron chi connectivity index (χ0n) is 9.56. The number of nitrogens with one attached hydrogen (secondary N) is 1. The van der Waals surface area contributed by atoms with E-state index in [-0.39, 0.29) is 4.90 Å². The van der Waals surface area contributed by atoms with Gasteiger partial charge in [0.05, 0.1) is 4.90 Å². The third-order valence-electron chi connectivity index (χ3n) is 2.95. The van der Waals surface area contributed by atoms with Crippen LogP contribution in [0.15, 0.2) is 29.2 Å². The van der Waals surface area contributed by atoms with Gasteiger partial charge < -0.3 is 5.32 Å². The van der Waals surface area contributed by atoms with Crippen molar-refractivity contribution in [3.05, 3.63) is 30.1 Å². The van der Waals surface area contributed by atoms with Crippen LogP contribution in [-0.4, -0.2) is 45.4 Å². The number of piperazine rings is 1. The summed E-state index contributed by atoms with van der Waals surface area (Å²) >= 11 is 0. The standard InChI is InChI=1S/C11H15FN2O2S/c1-14-7-6-13-8-11(14)17(15,16)10-4-2-9(12)3-5-10/h2-5,11,13H,6-8H2,1H3. The number of hydrogen-bond donors (Lipinski definition) is 1. The molecule has 1 aliphatic heterocycles. The Morgan fingerprint density at radius 1 is 1.35 bits per heavy atom. The van der Waals surface area contributed by atoms with Gasteiger partial charge in [-0.1, -0.05) is 0 Å². The molecule has 1 saturated heterocycles. The second-order valence-corrected chi connectivity index (χ2v) is 6.24. The third kappa shape index (κ3) is 2.48. The maximum absolute atomic E-state index is 12.8. The lowest BCUT2D eigenvalue weighted by molar-refractivity contribution is 0.255. The fourth-order valence-electron chi connectivity index (χ4n) is 1.91. The van der Waals surface area contributed by atoms with Crippen molar-refractivity contribution in [2.45, 2.75) is 10.3 Å². The molecule has 0 radical (unpaired) electrons. The lowest BCUT2D eigenvalue weighted by Crippen LogP contribution is -2.52. The fourth-order valence-corrected chi connectivity index (χ4v) is 3.65. The third-order valence-corrected chi connectivity index (χ3v) is 5.12. The van der Waals surface area contributed by atoms with Crippen molar-refractivity contribution in [1.82, 2.24) is 10.2 Å². The number of sulfone groups is 1. The zero-order chi connectivity index (χ0) is 12.5. The van der Waals surface area contributed by atoms with E-state index in [0.29, 0.717) is 13.1 Å². The van der Waals surface area contributed by atoms with Gasteiger partial charge >= 0.3 is 0 Å². The summed E-state index contributed by atoms with van der Waals surface area (Å²) < 4.78 is 37.4. The van der Waals surface area contributed by atoms with Crippen LogP contribution in [0.25, 0.3) is 0 Å². The molecule has 0 aliphatic carbocycles. The molecule has 1 unspecified atom stereocenters. The van der Waals surface area contributed by atoms with E-state index in [1.54, 1.807) is 11.9 Å². The van der Waals surface area contributed by atoms with Crippen molar-refractivity contribution in [2.24, 2.45) is 0 Å². The minimum atomic E-state index is -3.43. The molecule has 1 aromatic carbocycles. The Kier molecular flexibility index (Phi) is 3.46. The molecule has 1 fully saturated rings. The molecule has 1 aliphatic rings. The lowest BCUT2D eigenvalue weighted by Gasteiger charge is -2.32. The Balaban J connectivity index is 2.32. The van der Waals surface area contributed by atoms with Gasteiger partial charge in [-0.05, 0) is 31.3 Å². The second-order valence-electron chi connectivity index (χ2n) is 4.14. The summed E-state index contributed by atoms with van der Waals surface area (Å²) in [6.07, 6.45) is 0. The smallest absolute Gasteiger partial charge is 0.195 e. The Bertz CT molecular complexity index is 487. The monoisotopic (exact) mass is 258 g/mol. The minimum Gasteiger partial charge on any atom is -0.313 e. The topological polar surface area (TPSA) is 49.4 Å². The first-order valence-electron chi connectivity index (χ1n) is 5.42. The van der Waals surface area contributed by atoms with Gasteiger partial charge in [0.15, 0.2) is 9.84 Å². The van der Waals surface area contributed by atoms with Crippen molar-refractivity contribution in [2.75, 3.05) is 26.7 Å². The number of likely N-dealkylation sites (N-methyl/N-ethyl adjacent to an activating group) is 1. The molecule has 4 nitrogen and oxygen atoms in total. The van der Waals surface area contributed by atoms with Gasteiger partial charge in [0.1, 0.15) is 11.2 Å². The number of nitrogens with zero attached hydrogens (tertiary/aromatic N) is 1. The molecule has 1 heterocycles. The summed E-state index contributed by atoms with van der Waals surface area (Å²) in [5.41, 5.74) is 0. The van der Waals surface area contributed by atoms with Crippen LogP contribution < -0.4 is 5.32 Å². The van der Waals surface area contributed by atoms with Crippen LogP contribution in [0.2, 0.25) is 0 Å². The summed E-state index contributed by atoms with van der Waals surface area (Å²) in [4.78, 5) is 1.97. The molecule has 0 aromatic heterocycles. The molecule has 0 bridgehead atoms. The van der Waals surface area contributed by atoms with Crippen LogP contribution in [0, 0.1) is 5.82 Å². The summed E-state index contributed by atoms with van der Waals surface area (Å²) in [5.74, 6) is -0.431. The predicted octanol–water partition coefficient (Wildman–Crippen LogP) is 0.460. The van der Waals surface area contributed by atoms with Crippen LogP contribution in [-0.2, 0) is 9.84 Å². The van der Waals surface area contributed by atoms with Gasteiger partial charge in [-0.3, -0.25) is 4.90 Å². The van der Waals surface area contributed by atoms with Crippen LogP contribution in [0.4, 0.5) is 4.39 Å². The van der Waals surface area contributed by atoms with Gasteiger partial charge in [-0.2, -0.15) is 0 Å². The van der Waals surface area contributed by atoms with Gasteiger partial charge in [-0.15, -0.1) is 0 Å². The normalized spacial score (nSPS) is 22.6. The first-order chi connectivity index (χ1) is 8.01. The molecule has 17 heavy (non-hydrogen) atoms. The highest BCUT2D eigenvalue weighted by molar-refractivity contribution is 7.92. The molecule has 0 saturated carbocycles. The van der Waals surface area contributed by atoms with E-state index in [1.807, 2.05) is 0 Å². The Hall–Kier alpha value is -0.980. The maximum Gasteiger partial charge on any atom is 0.195 e. The molecule has 1 atom stereocenters. The van der Waals surface area contributed by atoms with E-state index in [2.05, 4.69) is 5.32 Å². The number of benzene rings is 1. The van der Waals surface area contributed by atoms with Crippen molar-refractivity contribution < 1.29 is 12.8 Å². The van der Waals surface area contributed by atoms with E-state index in [0.717, 1.165) is 6.54 Å². The van der Waals surface area contributed by atoms with E-state index >= 15 is 0 Å². The molecule has 0 spiro atoms. The first kappa shape index (κ1) is 12.5. The quantitative estimate of drug-likeness (QED) is 0.783. The Labute approximate surface area is 100 Å². The van der Waals surface area contributed by atoms with E-state index in [4.69, 9.17) is 0 Å². The minimum absolute atomic E-state index is 0.166. The van der Waals surface area contributed by atoms with Crippen LogP contribution in [0.5, 0.6) is 0 Å². The fraction of sp³-hybridized carbons (Fsp3) is 0.455. The Morgan fingerprint density at radius 3 is 2.59 bits per heavy atom. The van der Waals surface area contributed by atoms with Crippen LogP contribution >= 0.6 is 0 Å². The van der Waals surface area contributed by atoms with Crippen LogP contribution in [0.1, 0.15) is 0 Å². The molecule has 2 rings (SSSR count). The van der Waals surface area contributed by atoms with Crippen molar-refractivity contribution in [3.8, 4) is 0 Å². The summed E-state index contributed by atoms with van der Waals surface area (Å²) in [6.45, 7) is 1.87. The maximum atomic E-state index is 12.8. The highest BCUT2D eigenvalue weighted by atomic mass is 32.2. The molecule has 94 valence electrons. The van der Waals surface area contributed by atoms with Gasteiger partial charge in [0.25, 0.3) is 0 Å². The summed E-state index contributed by atoms with van der Waals surface area (Å²) in [7, 11) is -1.65. The second kappa shape index (κ2) is 4.72. The number of rotatable bonds is 2. The largest absolute Gasteiger partial charge is 0.313 e. The number of halogens is 1. The molecule has 0 amide bonds. The SMILES string of the molecule is CN1CCNCC1S(=O)(=O)c1ccc(F)cc1. The van der Waals surface area contributed by atoms with E-state index in [1.165, 1.54) is 24.3 Å². The molecule has 6 heteroatoms. The van der Waals surface area contributed by atoms with Crippen molar-refractivity contribution in [3.63, 3.8) is 0 Å². The van der Waals surface area contributed by atoms with Gasteiger partial charge in [0, 0.05) is 19.6 Å². The summed E-state index contributed by atoms with van der Waals surface area (Å²) in [5, 5.41) is 2.48. The predicted molar refractivity (Wildman–Crippen MR) is 62.9 cm³/mol. The molecule has 1 N–H and O–H groups in total. The van der Waals surface area contributed by atoms with Gasteiger partial charge in [0.2, 0.25) is 0 Å². The van der Waals surface area contributed by atoms with Crippen molar-refractivity contribution >= 4 is 9.84 Å². The summed E-state index contributed by atoms with van der Waals surface area (Å²) in [6, 6.07) is 4.96. The van der Waals surface area contributed by atoms with E-state index < -0.39 is 21.0 Å². The van der Waals surface area contributed by atoms with Gasteiger partial charge in [-0.25, -0.2) is 12.8 Å². The molecular weight excluding hydrogens is 243 g/mol. The average molecular weight is 258 g/mol. The average Bonchev–Trinajstić information content (AvgIpc) is 2.30. The lowest BCUT2D eigenvalue weighted by atomic mass is 10.3. The molecule has 1 aromatic rings. The van der Waals surface area contributed by atoms with E-state index in [9.17, 15) is 12.8 Å².